The third kappa shape index (κ3) is 2.68. The van der Waals surface area contributed by atoms with Crippen molar-refractivity contribution in [1.82, 2.24) is 9.55 Å². The van der Waals surface area contributed by atoms with Crippen LogP contribution in [-0.2, 0) is 0 Å². The predicted octanol–water partition coefficient (Wildman–Crippen LogP) is 5.88. The van der Waals surface area contributed by atoms with E-state index in [1.807, 2.05) is 23.6 Å². The number of halogens is 4. The van der Waals surface area contributed by atoms with Crippen molar-refractivity contribution < 1.29 is 4.39 Å². The molecule has 0 aliphatic heterocycles. The maximum absolute atomic E-state index is 13.7. The molecule has 2 aromatic carbocycles. The van der Waals surface area contributed by atoms with Crippen LogP contribution in [0.2, 0.25) is 5.02 Å². The van der Waals surface area contributed by atoms with Crippen LogP contribution in [0.4, 0.5) is 4.39 Å². The third-order valence-corrected chi connectivity index (χ3v) is 4.22. The molecule has 0 aliphatic rings. The van der Waals surface area contributed by atoms with Gasteiger partial charge in [0, 0.05) is 16.8 Å². The van der Waals surface area contributed by atoms with Crippen LogP contribution >= 0.6 is 39.1 Å². The number of hydrogen-bond acceptors (Lipinski definition) is 1. The number of aromatic nitrogens is 2. The predicted molar refractivity (Wildman–Crippen MR) is 88.0 cm³/mol. The standard InChI is InChI=1S/C15H10BrCl2FN2/c1-8(17)15-20-13-7-12(19)11(16)6-14(13)21(15)10-4-2-9(18)3-5-10/h2-8H,1H3. The summed E-state index contributed by atoms with van der Waals surface area (Å²) >= 11 is 15.4. The zero-order valence-corrected chi connectivity index (χ0v) is 14.0. The Balaban J connectivity index is 2.35. The number of fused-ring (bicyclic) bond motifs is 1. The molecule has 0 amide bonds. The molecule has 1 heterocycles. The van der Waals surface area contributed by atoms with Gasteiger partial charge in [-0.25, -0.2) is 9.37 Å². The maximum Gasteiger partial charge on any atom is 0.139 e. The van der Waals surface area contributed by atoms with Gasteiger partial charge in [-0.05, 0) is 53.2 Å². The van der Waals surface area contributed by atoms with Crippen molar-refractivity contribution in [1.29, 1.82) is 0 Å². The molecule has 0 radical (unpaired) electrons. The minimum atomic E-state index is -0.350. The molecule has 3 rings (SSSR count). The van der Waals surface area contributed by atoms with E-state index in [4.69, 9.17) is 23.2 Å². The second-order valence-corrected chi connectivity index (χ2v) is 6.60. The van der Waals surface area contributed by atoms with Gasteiger partial charge in [0.15, 0.2) is 0 Å². The lowest BCUT2D eigenvalue weighted by atomic mass is 10.2. The van der Waals surface area contributed by atoms with E-state index in [-0.39, 0.29) is 11.2 Å². The number of imidazole rings is 1. The summed E-state index contributed by atoms with van der Waals surface area (Å²) in [6.07, 6.45) is 0. The Labute approximate surface area is 139 Å². The smallest absolute Gasteiger partial charge is 0.139 e. The zero-order valence-electron chi connectivity index (χ0n) is 10.9. The quantitative estimate of drug-likeness (QED) is 0.502. The van der Waals surface area contributed by atoms with Gasteiger partial charge >= 0.3 is 0 Å². The average Bonchev–Trinajstić information content (AvgIpc) is 2.79. The first-order chi connectivity index (χ1) is 9.97. The molecule has 1 unspecified atom stereocenters. The molecule has 0 spiro atoms. The molecule has 1 aromatic heterocycles. The lowest BCUT2D eigenvalue weighted by Gasteiger charge is -2.11. The molecule has 0 saturated carbocycles. The molecule has 108 valence electrons. The third-order valence-electron chi connectivity index (χ3n) is 3.16. The summed E-state index contributed by atoms with van der Waals surface area (Å²) < 4.78 is 16.0. The lowest BCUT2D eigenvalue weighted by Crippen LogP contribution is -2.01. The summed E-state index contributed by atoms with van der Waals surface area (Å²) in [6.45, 7) is 1.83. The largest absolute Gasteiger partial charge is 0.295 e. The van der Waals surface area contributed by atoms with Crippen LogP contribution in [0.1, 0.15) is 18.1 Å². The summed E-state index contributed by atoms with van der Waals surface area (Å²) in [7, 11) is 0. The Morgan fingerprint density at radius 3 is 2.52 bits per heavy atom. The number of alkyl halides is 1. The molecule has 6 heteroatoms. The first-order valence-electron chi connectivity index (χ1n) is 6.25. The Hall–Kier alpha value is -1.10. The molecule has 21 heavy (non-hydrogen) atoms. The average molecular weight is 388 g/mol. The number of hydrogen-bond donors (Lipinski definition) is 0. The topological polar surface area (TPSA) is 17.8 Å². The fourth-order valence-corrected chi connectivity index (χ4v) is 2.82. The molecular weight excluding hydrogens is 378 g/mol. The molecule has 0 bridgehead atoms. The van der Waals surface area contributed by atoms with Gasteiger partial charge in [0.25, 0.3) is 0 Å². The molecular formula is C15H10BrCl2FN2. The van der Waals surface area contributed by atoms with Crippen LogP contribution in [0.3, 0.4) is 0 Å². The van der Waals surface area contributed by atoms with E-state index in [0.717, 1.165) is 11.2 Å². The first kappa shape index (κ1) is 14.8. The molecule has 0 aliphatic carbocycles. The van der Waals surface area contributed by atoms with Crippen molar-refractivity contribution in [3.63, 3.8) is 0 Å². The van der Waals surface area contributed by atoms with Gasteiger partial charge < -0.3 is 0 Å². The van der Waals surface area contributed by atoms with Crippen molar-refractivity contribution in [2.75, 3.05) is 0 Å². The summed E-state index contributed by atoms with van der Waals surface area (Å²) in [4.78, 5) is 4.45. The van der Waals surface area contributed by atoms with Gasteiger partial charge in [-0.15, -0.1) is 11.6 Å². The highest BCUT2D eigenvalue weighted by molar-refractivity contribution is 9.10. The van der Waals surface area contributed by atoms with Gasteiger partial charge in [-0.2, -0.15) is 0 Å². The summed E-state index contributed by atoms with van der Waals surface area (Å²) in [6, 6.07) is 10.4. The van der Waals surface area contributed by atoms with Crippen molar-refractivity contribution in [2.45, 2.75) is 12.3 Å². The van der Waals surface area contributed by atoms with E-state index in [1.54, 1.807) is 18.2 Å². The minimum Gasteiger partial charge on any atom is -0.295 e. The highest BCUT2D eigenvalue weighted by Gasteiger charge is 2.18. The second-order valence-electron chi connectivity index (χ2n) is 4.65. The summed E-state index contributed by atoms with van der Waals surface area (Å²) in [5.41, 5.74) is 2.23. The molecule has 3 aromatic rings. The van der Waals surface area contributed by atoms with Crippen LogP contribution in [0.5, 0.6) is 0 Å². The fourth-order valence-electron chi connectivity index (χ4n) is 2.22. The van der Waals surface area contributed by atoms with E-state index < -0.39 is 0 Å². The van der Waals surface area contributed by atoms with Gasteiger partial charge in [0.2, 0.25) is 0 Å². The van der Waals surface area contributed by atoms with Crippen LogP contribution in [0.15, 0.2) is 40.9 Å². The number of nitrogens with zero attached hydrogens (tertiary/aromatic N) is 2. The molecule has 2 nitrogen and oxygen atoms in total. The van der Waals surface area contributed by atoms with Crippen LogP contribution in [-0.4, -0.2) is 9.55 Å². The molecule has 1 atom stereocenters. The van der Waals surface area contributed by atoms with Crippen LogP contribution in [0, 0.1) is 5.82 Å². The van der Waals surface area contributed by atoms with E-state index in [0.29, 0.717) is 20.8 Å². The normalized spacial score (nSPS) is 12.8. The molecule has 0 N–H and O–H groups in total. The Kier molecular flexibility index (Phi) is 3.95. The van der Waals surface area contributed by atoms with Crippen LogP contribution in [0.25, 0.3) is 16.7 Å². The van der Waals surface area contributed by atoms with Crippen molar-refractivity contribution in [2.24, 2.45) is 0 Å². The molecule has 0 saturated heterocycles. The maximum atomic E-state index is 13.7. The Bertz CT molecular complexity index is 813. The first-order valence-corrected chi connectivity index (χ1v) is 7.85. The highest BCUT2D eigenvalue weighted by atomic mass is 79.9. The lowest BCUT2D eigenvalue weighted by molar-refractivity contribution is 0.623. The number of rotatable bonds is 2. The fraction of sp³-hybridized carbons (Fsp3) is 0.133. The molecule has 0 fully saturated rings. The Morgan fingerprint density at radius 2 is 1.90 bits per heavy atom. The second kappa shape index (κ2) is 5.59. The van der Waals surface area contributed by atoms with Crippen molar-refractivity contribution in [3.8, 4) is 5.69 Å². The van der Waals surface area contributed by atoms with Gasteiger partial charge in [-0.1, -0.05) is 11.6 Å². The van der Waals surface area contributed by atoms with Gasteiger partial charge in [0.05, 0.1) is 20.9 Å². The zero-order chi connectivity index (χ0) is 15.1. The van der Waals surface area contributed by atoms with E-state index in [2.05, 4.69) is 20.9 Å². The minimum absolute atomic E-state index is 0.310. The van der Waals surface area contributed by atoms with E-state index in [1.165, 1.54) is 6.07 Å². The van der Waals surface area contributed by atoms with Gasteiger partial charge in [0.1, 0.15) is 11.6 Å². The highest BCUT2D eigenvalue weighted by Crippen LogP contribution is 2.31. The van der Waals surface area contributed by atoms with Crippen LogP contribution < -0.4 is 0 Å². The van der Waals surface area contributed by atoms with Crippen molar-refractivity contribution in [3.05, 3.63) is 57.5 Å². The number of benzene rings is 2. The monoisotopic (exact) mass is 386 g/mol. The van der Waals surface area contributed by atoms with E-state index >= 15 is 0 Å². The summed E-state index contributed by atoms with van der Waals surface area (Å²) in [5.74, 6) is 0.309. The van der Waals surface area contributed by atoms with Crippen molar-refractivity contribution >= 4 is 50.2 Å². The van der Waals surface area contributed by atoms with E-state index in [9.17, 15) is 4.39 Å². The SMILES string of the molecule is CC(Cl)c1nc2cc(F)c(Br)cc2n1-c1ccc(Cl)cc1. The van der Waals surface area contributed by atoms with Gasteiger partial charge in [-0.3, -0.25) is 4.57 Å². The summed E-state index contributed by atoms with van der Waals surface area (Å²) in [5, 5.41) is 0.339. The Morgan fingerprint density at radius 1 is 1.24 bits per heavy atom.